The van der Waals surface area contributed by atoms with Crippen molar-refractivity contribution in [2.24, 2.45) is 0 Å². The Labute approximate surface area is 127 Å². The van der Waals surface area contributed by atoms with E-state index in [4.69, 9.17) is 5.73 Å². The molecule has 0 bridgehead atoms. The molecule has 110 valence electrons. The van der Waals surface area contributed by atoms with Crippen molar-refractivity contribution >= 4 is 23.4 Å². The number of benzene rings is 2. The van der Waals surface area contributed by atoms with Crippen LogP contribution >= 0.6 is 11.8 Å². The number of carbonyl (C=O) groups excluding carboxylic acids is 1. The summed E-state index contributed by atoms with van der Waals surface area (Å²) in [5.41, 5.74) is 7.24. The van der Waals surface area contributed by atoms with E-state index in [1.165, 1.54) is 23.9 Å². The monoisotopic (exact) mass is 304 g/mol. The van der Waals surface area contributed by atoms with Crippen molar-refractivity contribution < 1.29 is 9.18 Å². The smallest absolute Gasteiger partial charge is 0.230 e. The molecule has 0 aliphatic heterocycles. The fraction of sp³-hybridized carbons (Fsp3) is 0.188. The summed E-state index contributed by atoms with van der Waals surface area (Å²) in [7, 11) is 0. The molecule has 2 rings (SSSR count). The van der Waals surface area contributed by atoms with Crippen molar-refractivity contribution in [3.05, 3.63) is 59.9 Å². The third kappa shape index (κ3) is 4.79. The summed E-state index contributed by atoms with van der Waals surface area (Å²) >= 11 is 1.43. The summed E-state index contributed by atoms with van der Waals surface area (Å²) in [6.07, 6.45) is 0. The van der Waals surface area contributed by atoms with Crippen LogP contribution in [0.3, 0.4) is 0 Å². The van der Waals surface area contributed by atoms with Crippen molar-refractivity contribution in [1.82, 2.24) is 5.32 Å². The molecular formula is C16H17FN2OS. The van der Waals surface area contributed by atoms with Crippen molar-refractivity contribution in [2.45, 2.75) is 17.9 Å². The molecule has 1 amide bonds. The second kappa shape index (κ2) is 7.13. The normalized spacial score (nSPS) is 11.9. The molecule has 3 nitrogen and oxygen atoms in total. The Kier molecular flexibility index (Phi) is 5.22. The third-order valence-corrected chi connectivity index (χ3v) is 3.97. The van der Waals surface area contributed by atoms with Gasteiger partial charge in [0.1, 0.15) is 5.82 Å². The highest BCUT2D eigenvalue weighted by Gasteiger charge is 2.10. The van der Waals surface area contributed by atoms with Crippen LogP contribution in [0.5, 0.6) is 0 Å². The Balaban J connectivity index is 1.85. The number of halogens is 1. The molecule has 0 spiro atoms. The number of carbonyl (C=O) groups is 1. The first-order valence-corrected chi connectivity index (χ1v) is 7.56. The van der Waals surface area contributed by atoms with E-state index in [2.05, 4.69) is 5.32 Å². The number of nitrogen functional groups attached to an aromatic ring is 1. The summed E-state index contributed by atoms with van der Waals surface area (Å²) in [5.74, 6) is -0.0385. The van der Waals surface area contributed by atoms with Crippen LogP contribution in [0.25, 0.3) is 0 Å². The maximum Gasteiger partial charge on any atom is 0.230 e. The fourth-order valence-electron chi connectivity index (χ4n) is 1.87. The molecule has 0 aliphatic rings. The van der Waals surface area contributed by atoms with Gasteiger partial charge in [-0.15, -0.1) is 11.8 Å². The molecule has 2 aromatic carbocycles. The highest BCUT2D eigenvalue weighted by molar-refractivity contribution is 8.00. The third-order valence-electron chi connectivity index (χ3n) is 2.98. The van der Waals surface area contributed by atoms with Gasteiger partial charge in [0.25, 0.3) is 0 Å². The van der Waals surface area contributed by atoms with E-state index in [-0.39, 0.29) is 17.8 Å². The van der Waals surface area contributed by atoms with Crippen molar-refractivity contribution in [2.75, 3.05) is 11.5 Å². The second-order valence-corrected chi connectivity index (χ2v) is 5.75. The second-order valence-electron chi connectivity index (χ2n) is 4.70. The minimum atomic E-state index is -0.283. The Morgan fingerprint density at radius 1 is 1.29 bits per heavy atom. The first-order chi connectivity index (χ1) is 10.0. The molecule has 0 radical (unpaired) electrons. The van der Waals surface area contributed by atoms with Crippen LogP contribution in [0.15, 0.2) is 53.4 Å². The van der Waals surface area contributed by atoms with E-state index in [0.717, 1.165) is 10.5 Å². The minimum Gasteiger partial charge on any atom is -0.399 e. The predicted molar refractivity (Wildman–Crippen MR) is 84.5 cm³/mol. The molecule has 0 aromatic heterocycles. The zero-order valence-electron chi connectivity index (χ0n) is 11.7. The summed E-state index contributed by atoms with van der Waals surface area (Å²) in [6, 6.07) is 13.4. The van der Waals surface area contributed by atoms with Gasteiger partial charge >= 0.3 is 0 Å². The summed E-state index contributed by atoms with van der Waals surface area (Å²) < 4.78 is 12.9. The number of thioether (sulfide) groups is 1. The average molecular weight is 304 g/mol. The Bertz CT molecular complexity index is 616. The molecule has 5 heteroatoms. The van der Waals surface area contributed by atoms with E-state index in [1.54, 1.807) is 18.2 Å². The van der Waals surface area contributed by atoms with Crippen LogP contribution in [0.1, 0.15) is 18.5 Å². The van der Waals surface area contributed by atoms with Gasteiger partial charge in [-0.2, -0.15) is 0 Å². The van der Waals surface area contributed by atoms with Gasteiger partial charge in [-0.1, -0.05) is 18.2 Å². The van der Waals surface area contributed by atoms with Gasteiger partial charge in [0.05, 0.1) is 11.8 Å². The molecular weight excluding hydrogens is 287 g/mol. The van der Waals surface area contributed by atoms with Crippen LogP contribution in [-0.4, -0.2) is 11.7 Å². The number of anilines is 1. The standard InChI is InChI=1S/C16H17FN2OS/c1-11(12-5-7-13(17)8-6-12)19-16(20)10-21-15-4-2-3-14(18)9-15/h2-9,11H,10,18H2,1H3,(H,19,20). The number of nitrogens with one attached hydrogen (secondary N) is 1. The van der Waals surface area contributed by atoms with Crippen molar-refractivity contribution in [3.8, 4) is 0 Å². The van der Waals surface area contributed by atoms with Gasteiger partial charge in [0.2, 0.25) is 5.91 Å². The predicted octanol–water partition coefficient (Wildman–Crippen LogP) is 3.38. The molecule has 2 aromatic rings. The topological polar surface area (TPSA) is 55.1 Å². The van der Waals surface area contributed by atoms with Gasteiger partial charge < -0.3 is 11.1 Å². The van der Waals surface area contributed by atoms with E-state index in [9.17, 15) is 9.18 Å². The number of hydrogen-bond donors (Lipinski definition) is 2. The quantitative estimate of drug-likeness (QED) is 0.658. The molecule has 1 atom stereocenters. The van der Waals surface area contributed by atoms with E-state index >= 15 is 0 Å². The van der Waals surface area contributed by atoms with Gasteiger partial charge in [0.15, 0.2) is 0 Å². The summed E-state index contributed by atoms with van der Waals surface area (Å²) in [5, 5.41) is 2.89. The maximum atomic E-state index is 12.9. The number of amides is 1. The molecule has 21 heavy (non-hydrogen) atoms. The first-order valence-electron chi connectivity index (χ1n) is 6.58. The SMILES string of the molecule is CC(NC(=O)CSc1cccc(N)c1)c1ccc(F)cc1. The van der Waals surface area contributed by atoms with Gasteiger partial charge in [-0.05, 0) is 42.8 Å². The van der Waals surface area contributed by atoms with Gasteiger partial charge in [-0.3, -0.25) is 4.79 Å². The lowest BCUT2D eigenvalue weighted by Crippen LogP contribution is -2.28. The van der Waals surface area contributed by atoms with E-state index in [1.807, 2.05) is 25.1 Å². The minimum absolute atomic E-state index is 0.0701. The van der Waals surface area contributed by atoms with Crippen molar-refractivity contribution in [3.63, 3.8) is 0 Å². The molecule has 0 saturated heterocycles. The Morgan fingerprint density at radius 3 is 2.67 bits per heavy atom. The van der Waals surface area contributed by atoms with Crippen LogP contribution < -0.4 is 11.1 Å². The zero-order valence-corrected chi connectivity index (χ0v) is 12.5. The summed E-state index contributed by atoms with van der Waals surface area (Å²) in [6.45, 7) is 1.87. The highest BCUT2D eigenvalue weighted by atomic mass is 32.2. The van der Waals surface area contributed by atoms with Crippen LogP contribution in [0.2, 0.25) is 0 Å². The Hall–Kier alpha value is -2.01. The van der Waals surface area contributed by atoms with Crippen LogP contribution in [0, 0.1) is 5.82 Å². The van der Waals surface area contributed by atoms with Crippen molar-refractivity contribution in [1.29, 1.82) is 0 Å². The number of rotatable bonds is 5. The Morgan fingerprint density at radius 2 is 2.00 bits per heavy atom. The molecule has 0 saturated carbocycles. The lowest BCUT2D eigenvalue weighted by Gasteiger charge is -2.14. The lowest BCUT2D eigenvalue weighted by atomic mass is 10.1. The van der Waals surface area contributed by atoms with Crippen LogP contribution in [-0.2, 0) is 4.79 Å². The first kappa shape index (κ1) is 15.4. The molecule has 0 fully saturated rings. The number of hydrogen-bond acceptors (Lipinski definition) is 3. The van der Waals surface area contributed by atoms with E-state index < -0.39 is 0 Å². The summed E-state index contributed by atoms with van der Waals surface area (Å²) in [4.78, 5) is 12.9. The molecule has 0 aliphatic carbocycles. The molecule has 3 N–H and O–H groups in total. The molecule has 0 heterocycles. The fourth-order valence-corrected chi connectivity index (χ4v) is 2.65. The average Bonchev–Trinajstić information content (AvgIpc) is 2.46. The lowest BCUT2D eigenvalue weighted by molar-refractivity contribution is -0.119. The maximum absolute atomic E-state index is 12.9. The van der Waals surface area contributed by atoms with E-state index in [0.29, 0.717) is 11.4 Å². The van der Waals surface area contributed by atoms with Gasteiger partial charge in [-0.25, -0.2) is 4.39 Å². The van der Waals surface area contributed by atoms with Gasteiger partial charge in [0, 0.05) is 10.6 Å². The number of nitrogens with two attached hydrogens (primary N) is 1. The molecule has 1 unspecified atom stereocenters. The largest absolute Gasteiger partial charge is 0.399 e. The highest BCUT2D eigenvalue weighted by Crippen LogP contribution is 2.20. The van der Waals surface area contributed by atoms with Crippen LogP contribution in [0.4, 0.5) is 10.1 Å². The zero-order chi connectivity index (χ0) is 15.2.